The number of carboxylic acid groups (broad SMARTS) is 1. The van der Waals surface area contributed by atoms with E-state index in [1.165, 1.54) is 25.1 Å². The number of benzene rings is 1. The molecule has 112 valence electrons. The van der Waals surface area contributed by atoms with Gasteiger partial charge in [-0.15, -0.1) is 0 Å². The highest BCUT2D eigenvalue weighted by atomic mass is 32.2. The molecule has 0 heterocycles. The van der Waals surface area contributed by atoms with Crippen molar-refractivity contribution in [3.05, 3.63) is 29.3 Å². The molecule has 0 aliphatic rings. The molecule has 0 atom stereocenters. The highest BCUT2D eigenvalue weighted by Gasteiger charge is 2.20. The number of carbonyl (C=O) groups is 1. The molecular formula is C13H19NO5S. The Balaban J connectivity index is 2.88. The van der Waals surface area contributed by atoms with Crippen LogP contribution in [0.1, 0.15) is 29.8 Å². The molecule has 0 amide bonds. The van der Waals surface area contributed by atoms with Crippen molar-refractivity contribution in [1.29, 1.82) is 0 Å². The number of rotatable bonds is 7. The van der Waals surface area contributed by atoms with Crippen LogP contribution in [-0.4, -0.2) is 38.7 Å². The van der Waals surface area contributed by atoms with Crippen LogP contribution >= 0.6 is 0 Å². The van der Waals surface area contributed by atoms with E-state index in [9.17, 15) is 13.2 Å². The molecular weight excluding hydrogens is 282 g/mol. The van der Waals surface area contributed by atoms with Crippen LogP contribution in [0.15, 0.2) is 23.1 Å². The van der Waals surface area contributed by atoms with Gasteiger partial charge in [0.25, 0.3) is 0 Å². The van der Waals surface area contributed by atoms with E-state index < -0.39 is 16.0 Å². The zero-order chi connectivity index (χ0) is 15.3. The fourth-order valence-electron chi connectivity index (χ4n) is 1.69. The minimum Gasteiger partial charge on any atom is -0.478 e. The highest BCUT2D eigenvalue weighted by molar-refractivity contribution is 7.89. The van der Waals surface area contributed by atoms with Gasteiger partial charge in [0.05, 0.1) is 23.2 Å². The molecule has 0 spiro atoms. The molecule has 6 nitrogen and oxygen atoms in total. The summed E-state index contributed by atoms with van der Waals surface area (Å²) in [7, 11) is -3.74. The minimum atomic E-state index is -3.74. The van der Waals surface area contributed by atoms with Gasteiger partial charge in [-0.25, -0.2) is 17.9 Å². The molecule has 1 rings (SSSR count). The number of nitrogens with one attached hydrogen (secondary N) is 1. The van der Waals surface area contributed by atoms with E-state index >= 15 is 0 Å². The molecule has 0 bridgehead atoms. The van der Waals surface area contributed by atoms with E-state index in [0.717, 1.165) is 0 Å². The molecule has 1 aromatic rings. The summed E-state index contributed by atoms with van der Waals surface area (Å²) in [5.74, 6) is -1.15. The first-order valence-corrected chi connectivity index (χ1v) is 7.68. The molecule has 0 aromatic heterocycles. The number of aromatic carboxylic acids is 1. The van der Waals surface area contributed by atoms with Crippen molar-refractivity contribution in [2.24, 2.45) is 0 Å². The quantitative estimate of drug-likeness (QED) is 0.743. The summed E-state index contributed by atoms with van der Waals surface area (Å²) in [6.45, 7) is 5.58. The molecule has 0 saturated carbocycles. The van der Waals surface area contributed by atoms with E-state index in [1.807, 2.05) is 13.8 Å². The van der Waals surface area contributed by atoms with E-state index in [4.69, 9.17) is 9.84 Å². The first-order chi connectivity index (χ1) is 9.25. The molecule has 20 heavy (non-hydrogen) atoms. The van der Waals surface area contributed by atoms with E-state index in [-0.39, 0.29) is 35.3 Å². The lowest BCUT2D eigenvalue weighted by molar-refractivity contribution is 0.0695. The molecule has 0 unspecified atom stereocenters. The second kappa shape index (κ2) is 6.83. The van der Waals surface area contributed by atoms with Gasteiger partial charge in [-0.3, -0.25) is 0 Å². The largest absolute Gasteiger partial charge is 0.478 e. The van der Waals surface area contributed by atoms with Crippen molar-refractivity contribution in [2.75, 3.05) is 13.2 Å². The SMILES string of the molecule is Cc1c(C(=O)O)cccc1S(=O)(=O)NCCOC(C)C. The third kappa shape index (κ3) is 4.29. The van der Waals surface area contributed by atoms with Gasteiger partial charge < -0.3 is 9.84 Å². The van der Waals surface area contributed by atoms with Crippen LogP contribution in [0.4, 0.5) is 0 Å². The molecule has 1 aromatic carbocycles. The van der Waals surface area contributed by atoms with Crippen molar-refractivity contribution in [2.45, 2.75) is 31.8 Å². The topological polar surface area (TPSA) is 92.7 Å². The fourth-order valence-corrected chi connectivity index (χ4v) is 2.96. The number of carboxylic acids is 1. The monoisotopic (exact) mass is 301 g/mol. The third-order valence-electron chi connectivity index (χ3n) is 2.65. The van der Waals surface area contributed by atoms with Crippen molar-refractivity contribution in [3.8, 4) is 0 Å². The van der Waals surface area contributed by atoms with E-state index in [2.05, 4.69) is 4.72 Å². The number of ether oxygens (including phenoxy) is 1. The van der Waals surface area contributed by atoms with Crippen LogP contribution < -0.4 is 4.72 Å². The maximum absolute atomic E-state index is 12.1. The molecule has 7 heteroatoms. The van der Waals surface area contributed by atoms with Gasteiger partial charge in [-0.1, -0.05) is 6.07 Å². The Morgan fingerprint density at radius 3 is 2.60 bits per heavy atom. The molecule has 0 saturated heterocycles. The van der Waals surface area contributed by atoms with Crippen molar-refractivity contribution < 1.29 is 23.1 Å². The van der Waals surface area contributed by atoms with Gasteiger partial charge in [0.15, 0.2) is 0 Å². The highest BCUT2D eigenvalue weighted by Crippen LogP contribution is 2.18. The number of sulfonamides is 1. The van der Waals surface area contributed by atoms with Gasteiger partial charge in [-0.2, -0.15) is 0 Å². The Morgan fingerprint density at radius 2 is 2.05 bits per heavy atom. The van der Waals surface area contributed by atoms with Crippen LogP contribution in [-0.2, 0) is 14.8 Å². The second-order valence-corrected chi connectivity index (χ2v) is 6.29. The summed E-state index contributed by atoms with van der Waals surface area (Å²) in [5.41, 5.74) is 0.198. The number of hydrogen-bond acceptors (Lipinski definition) is 4. The Labute approximate surface area is 118 Å². The minimum absolute atomic E-state index is 0.0219. The first kappa shape index (κ1) is 16.6. The maximum Gasteiger partial charge on any atom is 0.335 e. The molecule has 0 aliphatic carbocycles. The lowest BCUT2D eigenvalue weighted by atomic mass is 10.1. The first-order valence-electron chi connectivity index (χ1n) is 6.20. The van der Waals surface area contributed by atoms with Gasteiger partial charge in [0.1, 0.15) is 0 Å². The second-order valence-electron chi connectivity index (χ2n) is 4.55. The summed E-state index contributed by atoms with van der Waals surface area (Å²) < 4.78 is 31.9. The summed E-state index contributed by atoms with van der Waals surface area (Å²) in [6.07, 6.45) is 0.0246. The maximum atomic E-state index is 12.1. The zero-order valence-electron chi connectivity index (χ0n) is 11.7. The lowest BCUT2D eigenvalue weighted by Gasteiger charge is -2.12. The molecule has 2 N–H and O–H groups in total. The Hall–Kier alpha value is -1.44. The predicted octanol–water partition coefficient (Wildman–Crippen LogP) is 1.40. The van der Waals surface area contributed by atoms with E-state index in [0.29, 0.717) is 0 Å². The predicted molar refractivity (Wildman–Crippen MR) is 74.4 cm³/mol. The smallest absolute Gasteiger partial charge is 0.335 e. The van der Waals surface area contributed by atoms with Crippen molar-refractivity contribution in [1.82, 2.24) is 4.72 Å². The summed E-state index contributed by atoms with van der Waals surface area (Å²) >= 11 is 0. The normalized spacial score (nSPS) is 11.8. The zero-order valence-corrected chi connectivity index (χ0v) is 12.5. The summed E-state index contributed by atoms with van der Waals surface area (Å²) in [4.78, 5) is 11.0. The Morgan fingerprint density at radius 1 is 1.40 bits per heavy atom. The van der Waals surface area contributed by atoms with Gasteiger partial charge >= 0.3 is 5.97 Å². The van der Waals surface area contributed by atoms with Crippen LogP contribution in [0.3, 0.4) is 0 Å². The van der Waals surface area contributed by atoms with Crippen molar-refractivity contribution >= 4 is 16.0 Å². The lowest BCUT2D eigenvalue weighted by Crippen LogP contribution is -2.29. The standard InChI is InChI=1S/C13H19NO5S/c1-9(2)19-8-7-14-20(17,18)12-6-4-5-11(10(12)3)13(15)16/h4-6,9,14H,7-8H2,1-3H3,(H,15,16). The summed E-state index contributed by atoms with van der Waals surface area (Å²) in [6, 6.07) is 4.17. The van der Waals surface area contributed by atoms with Crippen LogP contribution in [0, 0.1) is 6.92 Å². The molecule has 0 radical (unpaired) electrons. The Kier molecular flexibility index (Phi) is 5.67. The van der Waals surface area contributed by atoms with E-state index in [1.54, 1.807) is 0 Å². The molecule has 0 fully saturated rings. The van der Waals surface area contributed by atoms with Crippen LogP contribution in [0.25, 0.3) is 0 Å². The van der Waals surface area contributed by atoms with Gasteiger partial charge in [-0.05, 0) is 38.5 Å². The average molecular weight is 301 g/mol. The summed E-state index contributed by atoms with van der Waals surface area (Å²) in [5, 5.41) is 9.00. The average Bonchev–Trinajstić information content (AvgIpc) is 2.34. The fraction of sp³-hybridized carbons (Fsp3) is 0.462. The molecule has 0 aliphatic heterocycles. The Bertz CT molecular complexity index is 580. The van der Waals surface area contributed by atoms with Gasteiger partial charge in [0, 0.05) is 6.54 Å². The van der Waals surface area contributed by atoms with Crippen LogP contribution in [0.2, 0.25) is 0 Å². The van der Waals surface area contributed by atoms with Crippen molar-refractivity contribution in [3.63, 3.8) is 0 Å². The van der Waals surface area contributed by atoms with Gasteiger partial charge in [0.2, 0.25) is 10.0 Å². The van der Waals surface area contributed by atoms with Crippen LogP contribution in [0.5, 0.6) is 0 Å². The number of hydrogen-bond donors (Lipinski definition) is 2. The third-order valence-corrected chi connectivity index (χ3v) is 4.25.